The van der Waals surface area contributed by atoms with E-state index in [1.807, 2.05) is 13.8 Å². The highest BCUT2D eigenvalue weighted by Gasteiger charge is 2.11. The lowest BCUT2D eigenvalue weighted by Crippen LogP contribution is -2.19. The van der Waals surface area contributed by atoms with Crippen LogP contribution in [-0.4, -0.2) is 5.91 Å². The van der Waals surface area contributed by atoms with Crippen LogP contribution >= 0.6 is 15.9 Å². The molecule has 0 aliphatic carbocycles. The lowest BCUT2D eigenvalue weighted by atomic mass is 10.1. The molecule has 1 N–H and O–H groups in total. The smallest absolute Gasteiger partial charge is 0.227 e. The van der Waals surface area contributed by atoms with Crippen molar-refractivity contribution >= 4 is 27.5 Å². The Morgan fingerprint density at radius 1 is 1.60 bits per heavy atom. The second kappa shape index (κ2) is 5.26. The Morgan fingerprint density at radius 3 is 2.80 bits per heavy atom. The summed E-state index contributed by atoms with van der Waals surface area (Å²) >= 11 is 3.05. The van der Waals surface area contributed by atoms with Gasteiger partial charge in [-0.2, -0.15) is 0 Å². The van der Waals surface area contributed by atoms with Crippen LogP contribution in [0.15, 0.2) is 22.7 Å². The van der Waals surface area contributed by atoms with Gasteiger partial charge in [0.05, 0.1) is 4.47 Å². The molecule has 0 fully saturated rings. The number of halogens is 2. The van der Waals surface area contributed by atoms with Crippen molar-refractivity contribution in [1.29, 1.82) is 0 Å². The summed E-state index contributed by atoms with van der Waals surface area (Å²) in [5.41, 5.74) is 0.487. The van der Waals surface area contributed by atoms with E-state index in [-0.39, 0.29) is 17.6 Å². The summed E-state index contributed by atoms with van der Waals surface area (Å²) in [5, 5.41) is 2.66. The Bertz CT molecular complexity index is 368. The fourth-order valence-electron chi connectivity index (χ4n) is 1.02. The minimum Gasteiger partial charge on any atom is -0.326 e. The number of benzene rings is 1. The molecule has 4 heteroatoms. The number of hydrogen-bond acceptors (Lipinski definition) is 1. The van der Waals surface area contributed by atoms with Crippen LogP contribution in [0.2, 0.25) is 0 Å². The summed E-state index contributed by atoms with van der Waals surface area (Å²) in [6.07, 6.45) is 0.769. The molecule has 82 valence electrons. The van der Waals surface area contributed by atoms with Crippen LogP contribution < -0.4 is 5.32 Å². The van der Waals surface area contributed by atoms with Crippen LogP contribution in [0, 0.1) is 11.7 Å². The van der Waals surface area contributed by atoms with Gasteiger partial charge < -0.3 is 5.32 Å². The molecule has 0 aliphatic heterocycles. The first-order chi connectivity index (χ1) is 7.04. The Hall–Kier alpha value is -0.900. The molecule has 2 nitrogen and oxygen atoms in total. The molecule has 1 aromatic carbocycles. The summed E-state index contributed by atoms with van der Waals surface area (Å²) in [4.78, 5) is 11.5. The molecule has 0 bridgehead atoms. The van der Waals surface area contributed by atoms with Gasteiger partial charge in [-0.25, -0.2) is 4.39 Å². The zero-order valence-corrected chi connectivity index (χ0v) is 10.3. The van der Waals surface area contributed by atoms with Gasteiger partial charge in [-0.1, -0.05) is 13.8 Å². The summed E-state index contributed by atoms with van der Waals surface area (Å²) in [6.45, 7) is 3.77. The van der Waals surface area contributed by atoms with Crippen LogP contribution in [0.25, 0.3) is 0 Å². The van der Waals surface area contributed by atoms with E-state index in [2.05, 4.69) is 21.2 Å². The van der Waals surface area contributed by atoms with Crippen LogP contribution in [-0.2, 0) is 4.79 Å². The zero-order valence-electron chi connectivity index (χ0n) is 8.68. The van der Waals surface area contributed by atoms with E-state index < -0.39 is 0 Å². The van der Waals surface area contributed by atoms with Gasteiger partial charge in [0, 0.05) is 11.6 Å². The van der Waals surface area contributed by atoms with Gasteiger partial charge in [-0.15, -0.1) is 0 Å². The van der Waals surface area contributed by atoms with Gasteiger partial charge in [0.1, 0.15) is 5.82 Å². The van der Waals surface area contributed by atoms with Gasteiger partial charge in [-0.3, -0.25) is 4.79 Å². The molecule has 1 unspecified atom stereocenters. The Balaban J connectivity index is 2.73. The van der Waals surface area contributed by atoms with E-state index in [0.29, 0.717) is 10.2 Å². The number of carbonyl (C=O) groups excluding carboxylic acids is 1. The van der Waals surface area contributed by atoms with E-state index in [0.717, 1.165) is 6.42 Å². The van der Waals surface area contributed by atoms with Crippen molar-refractivity contribution in [2.45, 2.75) is 20.3 Å². The molecular weight excluding hydrogens is 261 g/mol. The number of carbonyl (C=O) groups is 1. The Morgan fingerprint density at radius 2 is 2.27 bits per heavy atom. The standard InChI is InChI=1S/C11H13BrFNO/c1-3-7(2)11(15)14-8-4-5-9(12)10(13)6-8/h4-7H,3H2,1-2H3,(H,14,15). The largest absolute Gasteiger partial charge is 0.326 e. The van der Waals surface area contributed by atoms with Crippen molar-refractivity contribution in [2.24, 2.45) is 5.92 Å². The lowest BCUT2D eigenvalue weighted by molar-refractivity contribution is -0.119. The van der Waals surface area contributed by atoms with E-state index in [4.69, 9.17) is 0 Å². The zero-order chi connectivity index (χ0) is 11.4. The second-order valence-corrected chi connectivity index (χ2v) is 4.28. The first kappa shape index (κ1) is 12.2. The first-order valence-electron chi connectivity index (χ1n) is 4.80. The minimum absolute atomic E-state index is 0.0586. The maximum Gasteiger partial charge on any atom is 0.227 e. The van der Waals surface area contributed by atoms with E-state index in [1.165, 1.54) is 6.07 Å². The number of rotatable bonds is 3. The topological polar surface area (TPSA) is 29.1 Å². The fraction of sp³-hybridized carbons (Fsp3) is 0.364. The van der Waals surface area contributed by atoms with Crippen molar-refractivity contribution < 1.29 is 9.18 Å². The molecule has 0 saturated carbocycles. The molecule has 1 rings (SSSR count). The molecular formula is C11H13BrFNO. The molecule has 0 radical (unpaired) electrons. The predicted molar refractivity (Wildman–Crippen MR) is 62.2 cm³/mol. The SMILES string of the molecule is CCC(C)C(=O)Nc1ccc(Br)c(F)c1. The normalized spacial score (nSPS) is 12.3. The second-order valence-electron chi connectivity index (χ2n) is 3.43. The lowest BCUT2D eigenvalue weighted by Gasteiger charge is -2.10. The van der Waals surface area contributed by atoms with Crippen LogP contribution in [0.1, 0.15) is 20.3 Å². The molecule has 1 amide bonds. The van der Waals surface area contributed by atoms with E-state index >= 15 is 0 Å². The maximum absolute atomic E-state index is 13.1. The molecule has 1 atom stereocenters. The number of hydrogen-bond donors (Lipinski definition) is 1. The van der Waals surface area contributed by atoms with E-state index in [9.17, 15) is 9.18 Å². The van der Waals surface area contributed by atoms with Gasteiger partial charge in [0.15, 0.2) is 0 Å². The van der Waals surface area contributed by atoms with Crippen molar-refractivity contribution in [2.75, 3.05) is 5.32 Å². The average molecular weight is 274 g/mol. The maximum atomic E-state index is 13.1. The van der Waals surface area contributed by atoms with Gasteiger partial charge in [-0.05, 0) is 40.5 Å². The van der Waals surface area contributed by atoms with Crippen molar-refractivity contribution in [3.05, 3.63) is 28.5 Å². The van der Waals surface area contributed by atoms with Gasteiger partial charge in [0.2, 0.25) is 5.91 Å². The van der Waals surface area contributed by atoms with Crippen LogP contribution in [0.3, 0.4) is 0 Å². The van der Waals surface area contributed by atoms with E-state index in [1.54, 1.807) is 12.1 Å². The summed E-state index contributed by atoms with van der Waals surface area (Å²) in [5.74, 6) is -0.520. The molecule has 0 aliphatic rings. The molecule has 0 heterocycles. The molecule has 0 spiro atoms. The number of anilines is 1. The third-order valence-electron chi connectivity index (χ3n) is 2.25. The summed E-state index contributed by atoms with van der Waals surface area (Å²) in [6, 6.07) is 4.53. The number of nitrogens with one attached hydrogen (secondary N) is 1. The third kappa shape index (κ3) is 3.30. The molecule has 0 saturated heterocycles. The highest BCUT2D eigenvalue weighted by atomic mass is 79.9. The average Bonchev–Trinajstić information content (AvgIpc) is 2.22. The van der Waals surface area contributed by atoms with Crippen LogP contribution in [0.5, 0.6) is 0 Å². The first-order valence-corrected chi connectivity index (χ1v) is 5.59. The number of amides is 1. The highest BCUT2D eigenvalue weighted by Crippen LogP contribution is 2.19. The minimum atomic E-state index is -0.378. The molecule has 0 aromatic heterocycles. The Kier molecular flexibility index (Phi) is 4.27. The third-order valence-corrected chi connectivity index (χ3v) is 2.89. The summed E-state index contributed by atoms with van der Waals surface area (Å²) < 4.78 is 13.5. The van der Waals surface area contributed by atoms with Crippen molar-refractivity contribution in [1.82, 2.24) is 0 Å². The molecule has 1 aromatic rings. The predicted octanol–water partition coefficient (Wildman–Crippen LogP) is 3.57. The monoisotopic (exact) mass is 273 g/mol. The quantitative estimate of drug-likeness (QED) is 0.896. The Labute approximate surface area is 97.0 Å². The van der Waals surface area contributed by atoms with Gasteiger partial charge >= 0.3 is 0 Å². The fourth-order valence-corrected chi connectivity index (χ4v) is 1.27. The molecule has 15 heavy (non-hydrogen) atoms. The highest BCUT2D eigenvalue weighted by molar-refractivity contribution is 9.10. The van der Waals surface area contributed by atoms with Crippen LogP contribution in [0.4, 0.5) is 10.1 Å². The van der Waals surface area contributed by atoms with Crippen molar-refractivity contribution in [3.8, 4) is 0 Å². The van der Waals surface area contributed by atoms with Crippen molar-refractivity contribution in [3.63, 3.8) is 0 Å². The van der Waals surface area contributed by atoms with Gasteiger partial charge in [0.25, 0.3) is 0 Å². The summed E-state index contributed by atoms with van der Waals surface area (Å²) in [7, 11) is 0.